The number of imide groups is 1. The van der Waals surface area contributed by atoms with E-state index in [1.807, 2.05) is 25.1 Å². The maximum atomic E-state index is 14.3. The number of nitrogens with zero attached hydrogens (tertiary/aromatic N) is 2. The Balaban J connectivity index is 1.56. The van der Waals surface area contributed by atoms with E-state index in [-0.39, 0.29) is 37.7 Å². The number of carbonyl (C=O) groups excluding carboxylic acids is 2. The molecule has 1 unspecified atom stereocenters. The molecule has 0 saturated carbocycles. The van der Waals surface area contributed by atoms with Crippen molar-refractivity contribution >= 4 is 45.0 Å². The standard InChI is InChI=1S/C23H21ClFN3O3S/c1-12-6-13(24)7-16(22(12)31-19-10-26-9-17(19)25)15-4-5-27-18-8-14(32-23(15)18)11-28-20(29)2-3-21(28)30/h4-8,17,19,26H,2-3,9-11H2,1H3/t17?,19-/m1/s1. The molecule has 2 fully saturated rings. The molecular weight excluding hydrogens is 453 g/mol. The number of rotatable bonds is 5. The number of ether oxygens (including phenoxy) is 1. The van der Waals surface area contributed by atoms with E-state index < -0.39 is 12.3 Å². The monoisotopic (exact) mass is 473 g/mol. The van der Waals surface area contributed by atoms with Gasteiger partial charge in [0.15, 0.2) is 6.17 Å². The minimum atomic E-state index is -1.08. The molecule has 4 heterocycles. The van der Waals surface area contributed by atoms with Crippen molar-refractivity contribution in [2.75, 3.05) is 13.1 Å². The number of hydrogen-bond acceptors (Lipinski definition) is 6. The van der Waals surface area contributed by atoms with E-state index in [0.717, 1.165) is 31.8 Å². The summed E-state index contributed by atoms with van der Waals surface area (Å²) in [7, 11) is 0. The molecular formula is C23H21ClFN3O3S. The molecule has 3 aromatic rings. The third-order valence-electron chi connectivity index (χ3n) is 5.82. The summed E-state index contributed by atoms with van der Waals surface area (Å²) in [5, 5.41) is 3.57. The van der Waals surface area contributed by atoms with Crippen molar-refractivity contribution in [2.24, 2.45) is 0 Å². The molecule has 2 amide bonds. The number of nitrogens with one attached hydrogen (secondary N) is 1. The van der Waals surface area contributed by atoms with Gasteiger partial charge in [-0.3, -0.25) is 19.5 Å². The molecule has 32 heavy (non-hydrogen) atoms. The quantitative estimate of drug-likeness (QED) is 0.560. The van der Waals surface area contributed by atoms with Crippen molar-refractivity contribution in [3.8, 4) is 16.9 Å². The van der Waals surface area contributed by atoms with Crippen LogP contribution >= 0.6 is 22.9 Å². The maximum absolute atomic E-state index is 14.3. The second-order valence-corrected chi connectivity index (χ2v) is 9.66. The normalized spacial score (nSPS) is 21.2. The molecule has 9 heteroatoms. The largest absolute Gasteiger partial charge is 0.485 e. The van der Waals surface area contributed by atoms with Crippen LogP contribution in [0.4, 0.5) is 4.39 Å². The summed E-state index contributed by atoms with van der Waals surface area (Å²) in [5.41, 5.74) is 3.22. The van der Waals surface area contributed by atoms with Gasteiger partial charge in [0, 0.05) is 53.2 Å². The van der Waals surface area contributed by atoms with Crippen molar-refractivity contribution in [3.05, 3.63) is 45.9 Å². The third kappa shape index (κ3) is 3.87. The summed E-state index contributed by atoms with van der Waals surface area (Å²) in [6.07, 6.45) is 0.578. The van der Waals surface area contributed by atoms with Crippen molar-refractivity contribution in [2.45, 2.75) is 38.6 Å². The fourth-order valence-electron chi connectivity index (χ4n) is 4.21. The van der Waals surface area contributed by atoms with Crippen LogP contribution in [0.2, 0.25) is 5.02 Å². The van der Waals surface area contributed by atoms with E-state index in [4.69, 9.17) is 16.3 Å². The lowest BCUT2D eigenvalue weighted by Crippen LogP contribution is -2.27. The van der Waals surface area contributed by atoms with Gasteiger partial charge >= 0.3 is 0 Å². The zero-order valence-electron chi connectivity index (χ0n) is 17.4. The predicted molar refractivity (Wildman–Crippen MR) is 122 cm³/mol. The van der Waals surface area contributed by atoms with Crippen LogP contribution in [0, 0.1) is 6.92 Å². The topological polar surface area (TPSA) is 71.5 Å². The Morgan fingerprint density at radius 3 is 2.72 bits per heavy atom. The number of amides is 2. The van der Waals surface area contributed by atoms with Gasteiger partial charge in [-0.05, 0) is 36.8 Å². The molecule has 6 nitrogen and oxygen atoms in total. The summed E-state index contributed by atoms with van der Waals surface area (Å²) < 4.78 is 21.3. The first-order valence-electron chi connectivity index (χ1n) is 10.4. The number of thiophene rings is 1. The van der Waals surface area contributed by atoms with Gasteiger partial charge in [-0.1, -0.05) is 11.6 Å². The lowest BCUT2D eigenvalue weighted by Gasteiger charge is -2.20. The molecule has 2 aliphatic rings. The van der Waals surface area contributed by atoms with E-state index in [0.29, 0.717) is 17.3 Å². The average Bonchev–Trinajstić information content (AvgIpc) is 3.44. The number of fused-ring (bicyclic) bond motifs is 1. The average molecular weight is 474 g/mol. The van der Waals surface area contributed by atoms with Crippen LogP contribution < -0.4 is 10.1 Å². The van der Waals surface area contributed by atoms with Gasteiger partial charge in [0.25, 0.3) is 0 Å². The lowest BCUT2D eigenvalue weighted by molar-refractivity contribution is -0.138. The summed E-state index contributed by atoms with van der Waals surface area (Å²) in [6, 6.07) is 7.41. The lowest BCUT2D eigenvalue weighted by atomic mass is 10.0. The van der Waals surface area contributed by atoms with E-state index >= 15 is 0 Å². The van der Waals surface area contributed by atoms with E-state index in [2.05, 4.69) is 10.3 Å². The first-order valence-corrected chi connectivity index (χ1v) is 11.6. The zero-order valence-corrected chi connectivity index (χ0v) is 18.9. The fourth-order valence-corrected chi connectivity index (χ4v) is 5.61. The van der Waals surface area contributed by atoms with Gasteiger partial charge in [-0.15, -0.1) is 11.3 Å². The molecule has 0 radical (unpaired) electrons. The molecule has 0 bridgehead atoms. The number of carbonyl (C=O) groups is 2. The zero-order chi connectivity index (χ0) is 22.4. The van der Waals surface area contributed by atoms with Gasteiger partial charge in [-0.25, -0.2) is 4.39 Å². The second kappa shape index (κ2) is 8.42. The van der Waals surface area contributed by atoms with Crippen LogP contribution in [0.5, 0.6) is 5.75 Å². The van der Waals surface area contributed by atoms with Gasteiger partial charge < -0.3 is 10.1 Å². The maximum Gasteiger partial charge on any atom is 0.230 e. The Morgan fingerprint density at radius 2 is 2.00 bits per heavy atom. The van der Waals surface area contributed by atoms with Crippen LogP contribution in [-0.2, 0) is 16.1 Å². The summed E-state index contributed by atoms with van der Waals surface area (Å²) >= 11 is 7.86. The minimum Gasteiger partial charge on any atom is -0.485 e. The molecule has 2 saturated heterocycles. The highest BCUT2D eigenvalue weighted by Gasteiger charge is 2.31. The van der Waals surface area contributed by atoms with Crippen LogP contribution in [0.25, 0.3) is 21.3 Å². The van der Waals surface area contributed by atoms with E-state index in [1.165, 1.54) is 16.2 Å². The molecule has 5 rings (SSSR count). The highest BCUT2D eigenvalue weighted by Crippen LogP contribution is 2.42. The highest BCUT2D eigenvalue weighted by atomic mass is 35.5. The Kier molecular flexibility index (Phi) is 5.61. The fraction of sp³-hybridized carbons (Fsp3) is 0.348. The van der Waals surface area contributed by atoms with Crippen molar-refractivity contribution in [3.63, 3.8) is 0 Å². The van der Waals surface area contributed by atoms with Crippen molar-refractivity contribution < 1.29 is 18.7 Å². The molecule has 2 atom stereocenters. The Bertz CT molecular complexity index is 1210. The molecule has 1 aromatic carbocycles. The second-order valence-electron chi connectivity index (χ2n) is 8.09. The predicted octanol–water partition coefficient (Wildman–Crippen LogP) is 4.26. The van der Waals surface area contributed by atoms with Gasteiger partial charge in [0.2, 0.25) is 11.8 Å². The smallest absolute Gasteiger partial charge is 0.230 e. The first-order chi connectivity index (χ1) is 15.4. The number of aryl methyl sites for hydroxylation is 1. The van der Waals surface area contributed by atoms with E-state index in [9.17, 15) is 14.0 Å². The molecule has 0 aliphatic carbocycles. The number of hydrogen-bond donors (Lipinski definition) is 1. The minimum absolute atomic E-state index is 0.146. The Labute approximate surface area is 193 Å². The molecule has 1 N–H and O–H groups in total. The summed E-state index contributed by atoms with van der Waals surface area (Å²) in [6.45, 7) is 2.85. The van der Waals surface area contributed by atoms with Crippen molar-refractivity contribution in [1.82, 2.24) is 15.2 Å². The molecule has 2 aromatic heterocycles. The van der Waals surface area contributed by atoms with Crippen molar-refractivity contribution in [1.29, 1.82) is 0 Å². The first kappa shape index (κ1) is 21.3. The van der Waals surface area contributed by atoms with Gasteiger partial charge in [-0.2, -0.15) is 0 Å². The third-order valence-corrected chi connectivity index (χ3v) is 7.18. The number of aromatic nitrogens is 1. The molecule has 2 aliphatic heterocycles. The summed E-state index contributed by atoms with van der Waals surface area (Å²) in [5.74, 6) is 0.304. The molecule has 0 spiro atoms. The Morgan fingerprint density at radius 1 is 1.22 bits per heavy atom. The number of pyridine rings is 1. The van der Waals surface area contributed by atoms with Crippen LogP contribution in [0.15, 0.2) is 30.5 Å². The molecule has 166 valence electrons. The van der Waals surface area contributed by atoms with E-state index in [1.54, 1.807) is 12.3 Å². The van der Waals surface area contributed by atoms with Gasteiger partial charge in [0.1, 0.15) is 11.9 Å². The Hall–Kier alpha value is -2.55. The van der Waals surface area contributed by atoms with Crippen LogP contribution in [-0.4, -0.2) is 47.1 Å². The van der Waals surface area contributed by atoms with Gasteiger partial charge in [0.05, 0.1) is 16.8 Å². The number of likely N-dealkylation sites (tertiary alicyclic amines) is 1. The number of alkyl halides is 1. The van der Waals surface area contributed by atoms with Crippen LogP contribution in [0.3, 0.4) is 0 Å². The highest BCUT2D eigenvalue weighted by molar-refractivity contribution is 7.19. The SMILES string of the molecule is Cc1cc(Cl)cc(-c2ccnc3cc(CN4C(=O)CCC4=O)sc23)c1O[C@@H]1CNCC1F. The number of benzene rings is 1. The summed E-state index contributed by atoms with van der Waals surface area (Å²) in [4.78, 5) is 30.7. The van der Waals surface area contributed by atoms with Crippen LogP contribution in [0.1, 0.15) is 23.3 Å². The number of halogens is 2.